The molecule has 0 spiro atoms. The second-order valence-electron chi connectivity index (χ2n) is 5.24. The predicted octanol–water partition coefficient (Wildman–Crippen LogP) is 1.31. The molecule has 0 amide bonds. The highest BCUT2D eigenvalue weighted by molar-refractivity contribution is 7.89. The lowest BCUT2D eigenvalue weighted by atomic mass is 9.92. The normalized spacial score (nSPS) is 19.4. The van der Waals surface area contributed by atoms with Crippen LogP contribution in [0.1, 0.15) is 25.3 Å². The minimum Gasteiger partial charge on any atom is -0.328 e. The molecule has 1 fully saturated rings. The smallest absolute Gasteiger partial charge is 0.243 e. The van der Waals surface area contributed by atoms with E-state index in [4.69, 9.17) is 11.0 Å². The van der Waals surface area contributed by atoms with E-state index in [1.54, 1.807) is 0 Å². The molecule has 108 valence electrons. The van der Waals surface area contributed by atoms with Crippen molar-refractivity contribution in [3.8, 4) is 6.07 Å². The van der Waals surface area contributed by atoms with Gasteiger partial charge in [-0.05, 0) is 49.9 Å². The van der Waals surface area contributed by atoms with Crippen LogP contribution in [-0.2, 0) is 10.0 Å². The van der Waals surface area contributed by atoms with Crippen LogP contribution >= 0.6 is 0 Å². The lowest BCUT2D eigenvalue weighted by Crippen LogP contribution is -2.42. The summed E-state index contributed by atoms with van der Waals surface area (Å²) in [4.78, 5) is 0.246. The first kappa shape index (κ1) is 15.0. The van der Waals surface area contributed by atoms with Gasteiger partial charge in [0, 0.05) is 19.1 Å². The third-order valence-corrected chi connectivity index (χ3v) is 5.78. The topological polar surface area (TPSA) is 87.2 Å². The summed E-state index contributed by atoms with van der Waals surface area (Å²) < 4.78 is 26.5. The van der Waals surface area contributed by atoms with Crippen molar-refractivity contribution in [2.24, 2.45) is 11.7 Å². The molecule has 1 aromatic rings. The molecule has 1 aliphatic rings. The second kappa shape index (κ2) is 5.92. The van der Waals surface area contributed by atoms with Crippen LogP contribution in [0.2, 0.25) is 0 Å². The SMILES string of the molecule is CC(N)C1CCN(S(=O)(=O)c2ccc(C#N)cc2)CC1. The Bertz CT molecular complexity index is 594. The first-order chi connectivity index (χ1) is 9.45. The molecule has 6 heteroatoms. The fourth-order valence-corrected chi connectivity index (χ4v) is 3.96. The third-order valence-electron chi connectivity index (χ3n) is 3.86. The molecule has 1 unspecified atom stereocenters. The van der Waals surface area contributed by atoms with Gasteiger partial charge in [0.1, 0.15) is 0 Å². The minimum absolute atomic E-state index is 0.106. The second-order valence-corrected chi connectivity index (χ2v) is 7.17. The van der Waals surface area contributed by atoms with Crippen molar-refractivity contribution in [2.45, 2.75) is 30.7 Å². The Hall–Kier alpha value is -1.42. The van der Waals surface area contributed by atoms with Crippen molar-refractivity contribution in [1.29, 1.82) is 5.26 Å². The first-order valence-corrected chi connectivity index (χ1v) is 8.15. The highest BCUT2D eigenvalue weighted by Gasteiger charge is 2.30. The standard InChI is InChI=1S/C14H19N3O2S/c1-11(16)13-6-8-17(9-7-13)20(18,19)14-4-2-12(10-15)3-5-14/h2-5,11,13H,6-9,16H2,1H3. The summed E-state index contributed by atoms with van der Waals surface area (Å²) in [5.74, 6) is 0.391. The molecule has 0 aromatic heterocycles. The van der Waals surface area contributed by atoms with Crippen molar-refractivity contribution in [3.05, 3.63) is 29.8 Å². The van der Waals surface area contributed by atoms with E-state index in [1.807, 2.05) is 13.0 Å². The van der Waals surface area contributed by atoms with Crippen LogP contribution in [0.25, 0.3) is 0 Å². The molecular weight excluding hydrogens is 274 g/mol. The number of hydrogen-bond donors (Lipinski definition) is 1. The van der Waals surface area contributed by atoms with E-state index in [0.717, 1.165) is 12.8 Å². The lowest BCUT2D eigenvalue weighted by molar-refractivity contribution is 0.250. The summed E-state index contributed by atoms with van der Waals surface area (Å²) in [6, 6.07) is 8.13. The molecule has 2 rings (SSSR count). The van der Waals surface area contributed by atoms with Gasteiger partial charge in [0.2, 0.25) is 10.0 Å². The van der Waals surface area contributed by atoms with E-state index in [9.17, 15) is 8.42 Å². The van der Waals surface area contributed by atoms with Gasteiger partial charge in [-0.1, -0.05) is 0 Å². The van der Waals surface area contributed by atoms with Gasteiger partial charge < -0.3 is 5.73 Å². The van der Waals surface area contributed by atoms with Crippen LogP contribution in [0.5, 0.6) is 0 Å². The van der Waals surface area contributed by atoms with Gasteiger partial charge in [0.15, 0.2) is 0 Å². The van der Waals surface area contributed by atoms with E-state index in [0.29, 0.717) is 24.6 Å². The van der Waals surface area contributed by atoms with Gasteiger partial charge in [0.05, 0.1) is 16.5 Å². The molecular formula is C14H19N3O2S. The third kappa shape index (κ3) is 3.01. The predicted molar refractivity (Wildman–Crippen MR) is 76.3 cm³/mol. The average Bonchev–Trinajstić information content (AvgIpc) is 2.47. The fourth-order valence-electron chi connectivity index (χ4n) is 2.49. The van der Waals surface area contributed by atoms with E-state index < -0.39 is 10.0 Å². The first-order valence-electron chi connectivity index (χ1n) is 6.71. The fraction of sp³-hybridized carbons (Fsp3) is 0.500. The maximum Gasteiger partial charge on any atom is 0.243 e. The molecule has 0 bridgehead atoms. The number of rotatable bonds is 3. The van der Waals surface area contributed by atoms with Crippen molar-refractivity contribution in [2.75, 3.05) is 13.1 Å². The Morgan fingerprint density at radius 2 is 1.85 bits per heavy atom. The van der Waals surface area contributed by atoms with Crippen LogP contribution in [0, 0.1) is 17.2 Å². The molecule has 1 aromatic carbocycles. The summed E-state index contributed by atoms with van der Waals surface area (Å²) in [5, 5.41) is 8.74. The lowest BCUT2D eigenvalue weighted by Gasteiger charge is -2.32. The molecule has 0 saturated carbocycles. The molecule has 1 saturated heterocycles. The van der Waals surface area contributed by atoms with Crippen molar-refractivity contribution < 1.29 is 8.42 Å². The van der Waals surface area contributed by atoms with Crippen LogP contribution in [-0.4, -0.2) is 31.9 Å². The molecule has 1 aliphatic heterocycles. The van der Waals surface area contributed by atoms with Gasteiger partial charge in [-0.25, -0.2) is 8.42 Å². The largest absolute Gasteiger partial charge is 0.328 e. The monoisotopic (exact) mass is 293 g/mol. The van der Waals surface area contributed by atoms with Crippen molar-refractivity contribution >= 4 is 10.0 Å². The van der Waals surface area contributed by atoms with E-state index in [-0.39, 0.29) is 10.9 Å². The van der Waals surface area contributed by atoms with Gasteiger partial charge in [-0.15, -0.1) is 0 Å². The van der Waals surface area contributed by atoms with Gasteiger partial charge >= 0.3 is 0 Å². The Labute approximate surface area is 120 Å². The Morgan fingerprint density at radius 3 is 2.30 bits per heavy atom. The summed E-state index contributed by atoms with van der Waals surface area (Å²) in [6.07, 6.45) is 1.60. The number of nitrogens with zero attached hydrogens (tertiary/aromatic N) is 2. The minimum atomic E-state index is -3.45. The van der Waals surface area contributed by atoms with Crippen molar-refractivity contribution in [3.63, 3.8) is 0 Å². The summed E-state index contributed by atoms with van der Waals surface area (Å²) in [6.45, 7) is 2.98. The van der Waals surface area contributed by atoms with Crippen LogP contribution in [0.15, 0.2) is 29.2 Å². The maximum absolute atomic E-state index is 12.5. The zero-order valence-electron chi connectivity index (χ0n) is 11.5. The number of nitriles is 1. The Kier molecular flexibility index (Phi) is 4.43. The molecule has 0 aliphatic carbocycles. The summed E-state index contributed by atoms with van der Waals surface area (Å²) in [5.41, 5.74) is 6.32. The number of piperidine rings is 1. The van der Waals surface area contributed by atoms with E-state index in [2.05, 4.69) is 0 Å². The maximum atomic E-state index is 12.5. The average molecular weight is 293 g/mol. The van der Waals surface area contributed by atoms with Gasteiger partial charge in [0.25, 0.3) is 0 Å². The van der Waals surface area contributed by atoms with Crippen molar-refractivity contribution in [1.82, 2.24) is 4.31 Å². The van der Waals surface area contributed by atoms with Crippen LogP contribution < -0.4 is 5.73 Å². The highest BCUT2D eigenvalue weighted by Crippen LogP contribution is 2.25. The van der Waals surface area contributed by atoms with Gasteiger partial charge in [-0.2, -0.15) is 9.57 Å². The highest BCUT2D eigenvalue weighted by atomic mass is 32.2. The Balaban J connectivity index is 2.13. The number of benzene rings is 1. The van der Waals surface area contributed by atoms with Gasteiger partial charge in [-0.3, -0.25) is 0 Å². The molecule has 2 N–H and O–H groups in total. The zero-order chi connectivity index (χ0) is 14.8. The number of sulfonamides is 1. The zero-order valence-corrected chi connectivity index (χ0v) is 12.3. The molecule has 20 heavy (non-hydrogen) atoms. The molecule has 0 radical (unpaired) electrons. The summed E-state index contributed by atoms with van der Waals surface area (Å²) in [7, 11) is -3.45. The molecule has 5 nitrogen and oxygen atoms in total. The molecule has 1 heterocycles. The van der Waals surface area contributed by atoms with E-state index >= 15 is 0 Å². The number of hydrogen-bond acceptors (Lipinski definition) is 4. The Morgan fingerprint density at radius 1 is 1.30 bits per heavy atom. The molecule has 1 atom stereocenters. The number of nitrogens with two attached hydrogens (primary N) is 1. The van der Waals surface area contributed by atoms with Crippen LogP contribution in [0.3, 0.4) is 0 Å². The summed E-state index contributed by atoms with van der Waals surface area (Å²) >= 11 is 0. The van der Waals surface area contributed by atoms with E-state index in [1.165, 1.54) is 28.6 Å². The quantitative estimate of drug-likeness (QED) is 0.910. The van der Waals surface area contributed by atoms with Crippen LogP contribution in [0.4, 0.5) is 0 Å².